The molecule has 0 aromatic rings. The van der Waals surface area contributed by atoms with Crippen LogP contribution in [0, 0.1) is 17.8 Å². The van der Waals surface area contributed by atoms with Crippen LogP contribution in [0.1, 0.15) is 52.9 Å². The van der Waals surface area contributed by atoms with Gasteiger partial charge >= 0.3 is 35.5 Å². The fraction of sp³-hybridized carbons (Fsp3) is 0.652. The number of hydrogen-bond acceptors (Lipinski definition) is 7. The van der Waals surface area contributed by atoms with Gasteiger partial charge < -0.3 is 30.0 Å². The number of carboxylic acids is 1. The number of aliphatic hydroxyl groups excluding tert-OH is 3. The van der Waals surface area contributed by atoms with E-state index >= 15 is 0 Å². The number of fused-ring (bicyclic) bond motifs is 1. The van der Waals surface area contributed by atoms with Crippen LogP contribution in [0.5, 0.6) is 0 Å². The summed E-state index contributed by atoms with van der Waals surface area (Å²) >= 11 is 0. The fourth-order valence-electron chi connectivity index (χ4n) is 4.43. The van der Waals surface area contributed by atoms with Crippen LogP contribution in [-0.4, -0.2) is 51.7 Å². The second kappa shape index (κ2) is 12.9. The molecule has 0 aromatic carbocycles. The normalized spacial score (nSPS) is 29.8. The Morgan fingerprint density at radius 3 is 2.61 bits per heavy atom. The predicted octanol–water partition coefficient (Wildman–Crippen LogP) is -1.97. The first-order valence-electron chi connectivity index (χ1n) is 10.6. The molecule has 1 unspecified atom stereocenters. The van der Waals surface area contributed by atoms with Crippen LogP contribution >= 0.6 is 0 Å². The van der Waals surface area contributed by atoms with Gasteiger partial charge in [-0.1, -0.05) is 31.2 Å². The number of carboxylic acid groups (broad SMARTS) is 1. The van der Waals surface area contributed by atoms with E-state index in [1.54, 1.807) is 26.0 Å². The molecule has 0 radical (unpaired) electrons. The van der Waals surface area contributed by atoms with Crippen molar-refractivity contribution in [2.75, 3.05) is 0 Å². The van der Waals surface area contributed by atoms with Gasteiger partial charge in [0, 0.05) is 30.3 Å². The third-order valence-corrected chi connectivity index (χ3v) is 6.17. The van der Waals surface area contributed by atoms with Crippen LogP contribution < -0.4 is 34.7 Å². The summed E-state index contributed by atoms with van der Waals surface area (Å²) in [6.45, 7) is 5.52. The minimum Gasteiger partial charge on any atom is -0.550 e. The van der Waals surface area contributed by atoms with Gasteiger partial charge in [-0.15, -0.1) is 0 Å². The zero-order chi connectivity index (χ0) is 22.4. The molecule has 7 nitrogen and oxygen atoms in total. The Balaban J connectivity index is 0.00000480. The number of ether oxygens (including phenoxy) is 1. The van der Waals surface area contributed by atoms with Crippen LogP contribution in [0.25, 0.3) is 0 Å². The summed E-state index contributed by atoms with van der Waals surface area (Å²) in [6, 6.07) is 0. The minimum atomic E-state index is -1.35. The Bertz CT molecular complexity index is 715. The Morgan fingerprint density at radius 2 is 2.00 bits per heavy atom. The second-order valence-corrected chi connectivity index (χ2v) is 8.49. The Labute approximate surface area is 206 Å². The number of carbonyl (C=O) groups excluding carboxylic acids is 2. The summed E-state index contributed by atoms with van der Waals surface area (Å²) in [5, 5.41) is 40.8. The van der Waals surface area contributed by atoms with Crippen molar-refractivity contribution in [1.29, 1.82) is 0 Å². The smallest absolute Gasteiger partial charge is 0.550 e. The summed E-state index contributed by atoms with van der Waals surface area (Å²) < 4.78 is 5.76. The summed E-state index contributed by atoms with van der Waals surface area (Å²) in [6.07, 6.45) is 5.14. The Kier molecular flexibility index (Phi) is 11.7. The van der Waals surface area contributed by atoms with Crippen molar-refractivity contribution in [1.82, 2.24) is 0 Å². The molecule has 0 aliphatic heterocycles. The van der Waals surface area contributed by atoms with E-state index in [1.165, 1.54) is 0 Å². The number of aliphatic hydroxyl groups is 3. The van der Waals surface area contributed by atoms with Crippen LogP contribution in [-0.2, 0) is 14.3 Å². The van der Waals surface area contributed by atoms with Crippen LogP contribution in [0.3, 0.4) is 0 Å². The first kappa shape index (κ1) is 28.1. The van der Waals surface area contributed by atoms with E-state index in [-0.39, 0.29) is 53.7 Å². The molecule has 2 aliphatic rings. The van der Waals surface area contributed by atoms with E-state index in [0.717, 1.165) is 5.57 Å². The van der Waals surface area contributed by atoms with E-state index in [9.17, 15) is 30.0 Å². The molecule has 8 heteroatoms. The zero-order valence-electron chi connectivity index (χ0n) is 18.9. The maximum atomic E-state index is 12.4. The molecular formula is C23H33NaO7. The third-order valence-electron chi connectivity index (χ3n) is 6.17. The molecule has 3 N–H and O–H groups in total. The average molecular weight is 445 g/mol. The van der Waals surface area contributed by atoms with E-state index in [0.29, 0.717) is 24.8 Å². The number of hydrogen-bond donors (Lipinski definition) is 3. The van der Waals surface area contributed by atoms with Crippen molar-refractivity contribution >= 4 is 11.9 Å². The molecule has 31 heavy (non-hydrogen) atoms. The first-order valence-corrected chi connectivity index (χ1v) is 10.6. The monoisotopic (exact) mass is 444 g/mol. The first-order chi connectivity index (χ1) is 14.1. The fourth-order valence-corrected chi connectivity index (χ4v) is 4.43. The largest absolute Gasteiger partial charge is 1.00 e. The summed E-state index contributed by atoms with van der Waals surface area (Å²) in [4.78, 5) is 22.9. The average Bonchev–Trinajstić information content (AvgIpc) is 2.65. The third kappa shape index (κ3) is 8.15. The molecule has 0 saturated carbocycles. The van der Waals surface area contributed by atoms with Gasteiger partial charge in [0.15, 0.2) is 0 Å². The van der Waals surface area contributed by atoms with Gasteiger partial charge in [0.25, 0.3) is 0 Å². The molecule has 168 valence electrons. The quantitative estimate of drug-likeness (QED) is 0.214. The van der Waals surface area contributed by atoms with Gasteiger partial charge in [-0.05, 0) is 50.5 Å². The molecule has 0 fully saturated rings. The molecule has 0 spiro atoms. The van der Waals surface area contributed by atoms with Crippen molar-refractivity contribution in [2.24, 2.45) is 17.8 Å². The van der Waals surface area contributed by atoms with E-state index < -0.39 is 42.8 Å². The van der Waals surface area contributed by atoms with Gasteiger partial charge in [0.05, 0.1) is 18.3 Å². The van der Waals surface area contributed by atoms with E-state index in [1.807, 2.05) is 6.08 Å². The van der Waals surface area contributed by atoms with Crippen LogP contribution in [0.2, 0.25) is 0 Å². The Morgan fingerprint density at radius 1 is 1.32 bits per heavy atom. The summed E-state index contributed by atoms with van der Waals surface area (Å²) in [5.74, 6) is -1.60. The molecule has 0 amide bonds. The van der Waals surface area contributed by atoms with Gasteiger partial charge in [0.2, 0.25) is 0 Å². The van der Waals surface area contributed by atoms with Gasteiger partial charge in [-0.2, -0.15) is 0 Å². The molecule has 0 saturated heterocycles. The molecule has 0 bridgehead atoms. The van der Waals surface area contributed by atoms with Gasteiger partial charge in [-0.25, -0.2) is 4.79 Å². The molecule has 0 heterocycles. The maximum Gasteiger partial charge on any atom is 1.00 e. The van der Waals surface area contributed by atoms with Crippen molar-refractivity contribution in [3.63, 3.8) is 0 Å². The van der Waals surface area contributed by atoms with Gasteiger partial charge in [-0.3, -0.25) is 0 Å². The number of esters is 1. The predicted molar refractivity (Wildman–Crippen MR) is 109 cm³/mol. The van der Waals surface area contributed by atoms with Crippen molar-refractivity contribution in [3.8, 4) is 0 Å². The zero-order valence-corrected chi connectivity index (χ0v) is 20.9. The molecular weight excluding hydrogens is 411 g/mol. The summed E-state index contributed by atoms with van der Waals surface area (Å²) in [7, 11) is 0. The number of aliphatic carboxylic acids is 1. The molecule has 2 rings (SSSR count). The summed E-state index contributed by atoms with van der Waals surface area (Å²) in [5.41, 5.74) is 1.44. The molecule has 2 aliphatic carbocycles. The van der Waals surface area contributed by atoms with Crippen molar-refractivity contribution in [2.45, 2.75) is 77.3 Å². The van der Waals surface area contributed by atoms with E-state index in [4.69, 9.17) is 4.74 Å². The number of allylic oxidation sites excluding steroid dienone is 3. The number of rotatable bonds is 9. The van der Waals surface area contributed by atoms with Crippen LogP contribution in [0.4, 0.5) is 0 Å². The van der Waals surface area contributed by atoms with Crippen molar-refractivity contribution < 1.29 is 64.3 Å². The minimum absolute atomic E-state index is 0. The van der Waals surface area contributed by atoms with E-state index in [2.05, 4.69) is 13.0 Å². The topological polar surface area (TPSA) is 127 Å². The number of carbonyl (C=O) groups is 2. The van der Waals surface area contributed by atoms with Crippen LogP contribution in [0.15, 0.2) is 35.5 Å². The van der Waals surface area contributed by atoms with Crippen molar-refractivity contribution in [3.05, 3.63) is 35.5 Å². The standard InChI is InChI=1S/C23H34O7.Na/c1-4-13(2)23(29)30-20-11-17(25)9-15-6-5-14(3)19(22(15)20)8-7-16(24)10-18(26)12-21(27)28;/h4-6,9,14,16-20,22,24-26H,7-8,10-12H2,1-3H3,(H,27,28);/q;+1/p-1/b13-4+;/t14-,16+,17+,18+,19-,20-,22?;/m0./s1. The Hall–Kier alpha value is -0.960. The molecule has 0 aromatic heterocycles. The maximum absolute atomic E-state index is 12.4. The van der Waals surface area contributed by atoms with Gasteiger partial charge in [0.1, 0.15) is 6.10 Å². The SMILES string of the molecule is C/C=C(\C)C(=O)O[C@H]1C[C@H](O)C=C2C=C[C@H](C)[C@H](CC[C@@H](O)C[C@@H](O)CC(=O)[O-])C21.[Na+]. The second-order valence-electron chi connectivity index (χ2n) is 8.49. The molecule has 7 atom stereocenters.